The Morgan fingerprint density at radius 3 is 2.77 bits per heavy atom. The maximum atomic E-state index is 12.7. The Morgan fingerprint density at radius 1 is 1.19 bits per heavy atom. The van der Waals surface area contributed by atoms with Crippen molar-refractivity contribution in [2.24, 2.45) is 0 Å². The molecular weight excluding hydrogens is 351 g/mol. The van der Waals surface area contributed by atoms with E-state index in [9.17, 15) is 22.8 Å². The van der Waals surface area contributed by atoms with Crippen molar-refractivity contribution in [3.05, 3.63) is 53.6 Å². The largest absolute Gasteiger partial charge is 0.482 e. The van der Waals surface area contributed by atoms with E-state index >= 15 is 0 Å². The molecule has 3 amide bonds. The number of fused-ring (bicyclic) bond motifs is 1. The Hall–Kier alpha value is -3.23. The summed E-state index contributed by atoms with van der Waals surface area (Å²) in [6, 6.07) is 8.83. The SMILES string of the molecule is O=C1COc2cc(NC(=O)NCc3cccc(C(F)(F)F)c3)ccc2N1. The molecule has 3 rings (SSSR count). The Kier molecular flexibility index (Phi) is 4.70. The number of rotatable bonds is 3. The standard InChI is InChI=1S/C17H14F3N3O3/c18-17(19,20)11-3-1-2-10(6-11)8-21-16(25)22-12-4-5-13-14(7-12)26-9-15(24)23-13/h1-7H,8-9H2,(H,23,24)(H2,21,22,25). The van der Waals surface area contributed by atoms with Gasteiger partial charge in [-0.2, -0.15) is 13.2 Å². The highest BCUT2D eigenvalue weighted by Crippen LogP contribution is 2.31. The number of nitrogens with one attached hydrogen (secondary N) is 3. The van der Waals surface area contributed by atoms with Gasteiger partial charge in [0.2, 0.25) is 0 Å². The van der Waals surface area contributed by atoms with Crippen molar-refractivity contribution in [2.45, 2.75) is 12.7 Å². The molecule has 0 aliphatic carbocycles. The smallest absolute Gasteiger partial charge is 0.416 e. The molecule has 0 bridgehead atoms. The number of amides is 3. The van der Waals surface area contributed by atoms with E-state index in [1.165, 1.54) is 12.1 Å². The molecule has 1 heterocycles. The van der Waals surface area contributed by atoms with Crippen molar-refractivity contribution in [1.29, 1.82) is 0 Å². The molecule has 136 valence electrons. The first-order valence-corrected chi connectivity index (χ1v) is 7.59. The highest BCUT2D eigenvalue weighted by atomic mass is 19.4. The molecule has 1 aliphatic rings. The minimum absolute atomic E-state index is 0.0623. The second-order valence-electron chi connectivity index (χ2n) is 5.55. The molecule has 0 radical (unpaired) electrons. The second-order valence-corrected chi connectivity index (χ2v) is 5.55. The molecule has 0 saturated carbocycles. The van der Waals surface area contributed by atoms with Gasteiger partial charge in [-0.1, -0.05) is 12.1 Å². The Bertz CT molecular complexity index is 853. The third-order valence-electron chi connectivity index (χ3n) is 3.58. The molecule has 2 aromatic carbocycles. The maximum absolute atomic E-state index is 12.7. The van der Waals surface area contributed by atoms with E-state index in [0.29, 0.717) is 22.7 Å². The van der Waals surface area contributed by atoms with Crippen LogP contribution >= 0.6 is 0 Å². The third kappa shape index (κ3) is 4.24. The normalized spacial score (nSPS) is 13.3. The van der Waals surface area contributed by atoms with Crippen LogP contribution in [0, 0.1) is 0 Å². The van der Waals surface area contributed by atoms with Crippen LogP contribution in [0.3, 0.4) is 0 Å². The number of carbonyl (C=O) groups is 2. The average molecular weight is 365 g/mol. The van der Waals surface area contributed by atoms with Gasteiger partial charge in [0.05, 0.1) is 11.3 Å². The fourth-order valence-corrected chi connectivity index (χ4v) is 2.37. The van der Waals surface area contributed by atoms with Gasteiger partial charge in [0.1, 0.15) is 5.75 Å². The van der Waals surface area contributed by atoms with Gasteiger partial charge in [-0.25, -0.2) is 4.79 Å². The van der Waals surface area contributed by atoms with E-state index in [-0.39, 0.29) is 19.1 Å². The number of urea groups is 1. The molecule has 6 nitrogen and oxygen atoms in total. The molecule has 0 unspecified atom stereocenters. The van der Waals surface area contributed by atoms with E-state index in [4.69, 9.17) is 4.74 Å². The molecule has 1 aliphatic heterocycles. The molecule has 9 heteroatoms. The summed E-state index contributed by atoms with van der Waals surface area (Å²) in [5.41, 5.74) is 0.468. The zero-order valence-electron chi connectivity index (χ0n) is 13.3. The van der Waals surface area contributed by atoms with Gasteiger partial charge in [0.25, 0.3) is 5.91 Å². The molecule has 0 spiro atoms. The van der Waals surface area contributed by atoms with Crippen molar-refractivity contribution in [2.75, 3.05) is 17.2 Å². The van der Waals surface area contributed by atoms with Gasteiger partial charge < -0.3 is 20.7 Å². The van der Waals surface area contributed by atoms with E-state index < -0.39 is 17.8 Å². The summed E-state index contributed by atoms with van der Waals surface area (Å²) in [5, 5.41) is 7.66. The summed E-state index contributed by atoms with van der Waals surface area (Å²) >= 11 is 0. The van der Waals surface area contributed by atoms with Crippen LogP contribution in [0.5, 0.6) is 5.75 Å². The van der Waals surface area contributed by atoms with Crippen LogP contribution in [0.15, 0.2) is 42.5 Å². The van der Waals surface area contributed by atoms with Crippen molar-refractivity contribution in [3.8, 4) is 5.75 Å². The first-order valence-electron chi connectivity index (χ1n) is 7.59. The van der Waals surface area contributed by atoms with Crippen molar-refractivity contribution in [1.82, 2.24) is 5.32 Å². The van der Waals surface area contributed by atoms with Crippen LogP contribution < -0.4 is 20.7 Å². The number of ether oxygens (including phenoxy) is 1. The highest BCUT2D eigenvalue weighted by molar-refractivity contribution is 5.96. The lowest BCUT2D eigenvalue weighted by Crippen LogP contribution is -2.29. The van der Waals surface area contributed by atoms with Crippen LogP contribution in [0.2, 0.25) is 0 Å². The number of hydrogen-bond donors (Lipinski definition) is 3. The Labute approximate surface area is 146 Å². The number of halogens is 3. The van der Waals surface area contributed by atoms with Gasteiger partial charge >= 0.3 is 12.2 Å². The van der Waals surface area contributed by atoms with Gasteiger partial charge in [0.15, 0.2) is 6.61 Å². The van der Waals surface area contributed by atoms with E-state index in [1.54, 1.807) is 18.2 Å². The summed E-state index contributed by atoms with van der Waals surface area (Å²) in [4.78, 5) is 23.1. The van der Waals surface area contributed by atoms with Gasteiger partial charge in [-0.15, -0.1) is 0 Å². The summed E-state index contributed by atoms with van der Waals surface area (Å²) < 4.78 is 43.3. The van der Waals surface area contributed by atoms with Crippen molar-refractivity contribution < 1.29 is 27.5 Å². The zero-order chi connectivity index (χ0) is 18.7. The second kappa shape index (κ2) is 6.95. The lowest BCUT2D eigenvalue weighted by atomic mass is 10.1. The molecule has 2 aromatic rings. The number of benzene rings is 2. The average Bonchev–Trinajstić information content (AvgIpc) is 2.60. The van der Waals surface area contributed by atoms with Gasteiger partial charge in [0, 0.05) is 18.3 Å². The Balaban J connectivity index is 1.59. The molecule has 3 N–H and O–H groups in total. The van der Waals surface area contributed by atoms with E-state index in [2.05, 4.69) is 16.0 Å². The minimum Gasteiger partial charge on any atom is -0.482 e. The molecule has 0 aromatic heterocycles. The van der Waals surface area contributed by atoms with Crippen molar-refractivity contribution >= 4 is 23.3 Å². The van der Waals surface area contributed by atoms with E-state index in [0.717, 1.165) is 12.1 Å². The summed E-state index contributed by atoms with van der Waals surface area (Å²) in [7, 11) is 0. The number of hydrogen-bond acceptors (Lipinski definition) is 3. The number of alkyl halides is 3. The van der Waals surface area contributed by atoms with Crippen LogP contribution in [-0.4, -0.2) is 18.5 Å². The molecule has 0 fully saturated rings. The number of anilines is 2. The van der Waals surface area contributed by atoms with Crippen LogP contribution in [0.25, 0.3) is 0 Å². The van der Waals surface area contributed by atoms with Crippen LogP contribution in [0.4, 0.5) is 29.3 Å². The highest BCUT2D eigenvalue weighted by Gasteiger charge is 2.30. The zero-order valence-corrected chi connectivity index (χ0v) is 13.3. The van der Waals surface area contributed by atoms with Gasteiger partial charge in [-0.3, -0.25) is 4.79 Å². The quantitative estimate of drug-likeness (QED) is 0.780. The van der Waals surface area contributed by atoms with E-state index in [1.807, 2.05) is 0 Å². The summed E-state index contributed by atoms with van der Waals surface area (Å²) in [6.45, 7) is -0.175. The lowest BCUT2D eigenvalue weighted by molar-refractivity contribution is -0.137. The monoisotopic (exact) mass is 365 g/mol. The maximum Gasteiger partial charge on any atom is 0.416 e. The number of carbonyl (C=O) groups excluding carboxylic acids is 2. The lowest BCUT2D eigenvalue weighted by Gasteiger charge is -2.18. The first kappa shape index (κ1) is 17.6. The predicted molar refractivity (Wildman–Crippen MR) is 87.9 cm³/mol. The van der Waals surface area contributed by atoms with Crippen LogP contribution in [-0.2, 0) is 17.5 Å². The van der Waals surface area contributed by atoms with Gasteiger partial charge in [-0.05, 0) is 29.8 Å². The molecule has 0 saturated heterocycles. The van der Waals surface area contributed by atoms with Crippen LogP contribution in [0.1, 0.15) is 11.1 Å². The minimum atomic E-state index is -4.43. The summed E-state index contributed by atoms with van der Waals surface area (Å²) in [5.74, 6) is 0.150. The third-order valence-corrected chi connectivity index (χ3v) is 3.58. The fraction of sp³-hybridized carbons (Fsp3) is 0.176. The topological polar surface area (TPSA) is 79.5 Å². The Morgan fingerprint density at radius 2 is 2.00 bits per heavy atom. The predicted octanol–water partition coefficient (Wildman–Crippen LogP) is 3.36. The van der Waals surface area contributed by atoms with Crippen molar-refractivity contribution in [3.63, 3.8) is 0 Å². The fourth-order valence-electron chi connectivity index (χ4n) is 2.37. The summed E-state index contributed by atoms with van der Waals surface area (Å²) in [6.07, 6.45) is -4.43. The molecule has 0 atom stereocenters. The molecule has 26 heavy (non-hydrogen) atoms. The first-order chi connectivity index (χ1) is 12.3. The molecular formula is C17H14F3N3O3.